The third kappa shape index (κ3) is 5.43. The molecule has 0 saturated heterocycles. The molecule has 0 aliphatic heterocycles. The van der Waals surface area contributed by atoms with Crippen LogP contribution in [0, 0.1) is 0 Å². The van der Waals surface area contributed by atoms with Crippen LogP contribution in [-0.2, 0) is 0 Å². The quantitative estimate of drug-likeness (QED) is 0.479. The molecule has 0 aliphatic carbocycles. The first-order valence-electron chi connectivity index (χ1n) is 3.86. The van der Waals surface area contributed by atoms with E-state index >= 15 is 0 Å². The number of hydrazine groups is 1. The van der Waals surface area contributed by atoms with Crippen LogP contribution in [0.2, 0.25) is 0 Å². The van der Waals surface area contributed by atoms with Crippen molar-refractivity contribution in [3.8, 4) is 0 Å². The van der Waals surface area contributed by atoms with Crippen LogP contribution < -0.4 is 11.3 Å². The Labute approximate surface area is 68.4 Å². The zero-order chi connectivity index (χ0) is 8.53. The number of nitrogens with one attached hydrogen (secondary N) is 1. The molecule has 0 aromatic heterocycles. The molecule has 11 heavy (non-hydrogen) atoms. The molecule has 0 bridgehead atoms. The maximum Gasteiger partial charge on any atom is 0.0485 e. The van der Waals surface area contributed by atoms with E-state index in [1.165, 1.54) is 6.42 Å². The molecule has 2 heteroatoms. The minimum atomic E-state index is 0.938. The number of para-hydroxylation sites is 1. The molecule has 0 saturated carbocycles. The van der Waals surface area contributed by atoms with Gasteiger partial charge in [-0.3, -0.25) is 5.84 Å². The Morgan fingerprint density at radius 1 is 1.18 bits per heavy atom. The molecule has 1 aromatic rings. The number of nitrogens with two attached hydrogens (primary N) is 1. The van der Waals surface area contributed by atoms with E-state index in [9.17, 15) is 0 Å². The van der Waals surface area contributed by atoms with Crippen LogP contribution in [0.5, 0.6) is 0 Å². The van der Waals surface area contributed by atoms with Crippen molar-refractivity contribution in [2.75, 3.05) is 5.43 Å². The molecule has 0 fully saturated rings. The van der Waals surface area contributed by atoms with Crippen molar-refractivity contribution in [3.05, 3.63) is 30.3 Å². The normalized spacial score (nSPS) is 7.91. The first-order valence-corrected chi connectivity index (χ1v) is 3.86. The van der Waals surface area contributed by atoms with Gasteiger partial charge in [-0.1, -0.05) is 38.5 Å². The summed E-state index contributed by atoms with van der Waals surface area (Å²) >= 11 is 0. The standard InChI is InChI=1S/C6H8N2.C3H8/c7-8-6-4-2-1-3-5-6;1-3-2/h1-5,8H,7H2;3H2,1-2H3. The predicted octanol–water partition coefficient (Wildman–Crippen LogP) is 2.39. The summed E-state index contributed by atoms with van der Waals surface area (Å²) < 4.78 is 0. The van der Waals surface area contributed by atoms with Gasteiger partial charge in [0.2, 0.25) is 0 Å². The Kier molecular flexibility index (Phi) is 6.43. The average Bonchev–Trinajstić information content (AvgIpc) is 2.08. The van der Waals surface area contributed by atoms with Gasteiger partial charge in [-0.05, 0) is 12.1 Å². The summed E-state index contributed by atoms with van der Waals surface area (Å²) in [5.41, 5.74) is 3.46. The molecule has 0 unspecified atom stereocenters. The third-order valence-corrected chi connectivity index (χ3v) is 0.940. The highest BCUT2D eigenvalue weighted by molar-refractivity contribution is 5.40. The molecule has 0 radical (unpaired) electrons. The lowest BCUT2D eigenvalue weighted by atomic mass is 10.3. The minimum Gasteiger partial charge on any atom is -0.324 e. The van der Waals surface area contributed by atoms with Crippen LogP contribution >= 0.6 is 0 Å². The molecule has 0 amide bonds. The van der Waals surface area contributed by atoms with Crippen LogP contribution in [0.1, 0.15) is 20.3 Å². The van der Waals surface area contributed by atoms with Crippen LogP contribution in [0.4, 0.5) is 5.69 Å². The highest BCUT2D eigenvalue weighted by Gasteiger charge is 1.78. The molecule has 0 aliphatic rings. The summed E-state index contributed by atoms with van der Waals surface area (Å²) in [7, 11) is 0. The van der Waals surface area contributed by atoms with Gasteiger partial charge in [0, 0.05) is 5.69 Å². The molecule has 0 spiro atoms. The van der Waals surface area contributed by atoms with Gasteiger partial charge >= 0.3 is 0 Å². The van der Waals surface area contributed by atoms with E-state index in [1.54, 1.807) is 0 Å². The molecule has 2 nitrogen and oxygen atoms in total. The second kappa shape index (κ2) is 7.09. The van der Waals surface area contributed by atoms with Crippen molar-refractivity contribution in [2.24, 2.45) is 5.84 Å². The summed E-state index contributed by atoms with van der Waals surface area (Å²) in [6.45, 7) is 4.25. The van der Waals surface area contributed by atoms with Crippen molar-refractivity contribution in [2.45, 2.75) is 20.3 Å². The van der Waals surface area contributed by atoms with E-state index < -0.39 is 0 Å². The van der Waals surface area contributed by atoms with Crippen LogP contribution in [-0.4, -0.2) is 0 Å². The molecule has 0 heterocycles. The van der Waals surface area contributed by atoms with E-state index in [2.05, 4.69) is 19.3 Å². The Morgan fingerprint density at radius 2 is 1.64 bits per heavy atom. The molecular weight excluding hydrogens is 136 g/mol. The molecule has 1 aromatic carbocycles. The zero-order valence-electron chi connectivity index (χ0n) is 7.17. The second-order valence-electron chi connectivity index (χ2n) is 2.22. The number of anilines is 1. The largest absolute Gasteiger partial charge is 0.324 e. The van der Waals surface area contributed by atoms with Gasteiger partial charge in [0.15, 0.2) is 0 Å². The lowest BCUT2D eigenvalue weighted by molar-refractivity contribution is 1.09. The summed E-state index contributed by atoms with van der Waals surface area (Å²) in [6, 6.07) is 9.60. The minimum absolute atomic E-state index is 0.938. The van der Waals surface area contributed by atoms with E-state index in [0.29, 0.717) is 0 Å². The van der Waals surface area contributed by atoms with Gasteiger partial charge in [-0.15, -0.1) is 0 Å². The van der Waals surface area contributed by atoms with E-state index in [0.717, 1.165) is 5.69 Å². The number of hydrogen-bond donors (Lipinski definition) is 2. The monoisotopic (exact) mass is 152 g/mol. The van der Waals surface area contributed by atoms with Gasteiger partial charge in [-0.25, -0.2) is 0 Å². The van der Waals surface area contributed by atoms with Crippen molar-refractivity contribution in [3.63, 3.8) is 0 Å². The smallest absolute Gasteiger partial charge is 0.0485 e. The molecular formula is C9H16N2. The summed E-state index contributed by atoms with van der Waals surface area (Å²) in [5, 5.41) is 0. The van der Waals surface area contributed by atoms with Gasteiger partial charge in [-0.2, -0.15) is 0 Å². The van der Waals surface area contributed by atoms with Crippen LogP contribution in [0.3, 0.4) is 0 Å². The van der Waals surface area contributed by atoms with Gasteiger partial charge in [0.05, 0.1) is 0 Å². The molecule has 3 N–H and O–H groups in total. The maximum absolute atomic E-state index is 5.10. The predicted molar refractivity (Wildman–Crippen MR) is 50.2 cm³/mol. The van der Waals surface area contributed by atoms with E-state index in [-0.39, 0.29) is 0 Å². The average molecular weight is 152 g/mol. The Bertz CT molecular complexity index is 160. The van der Waals surface area contributed by atoms with Crippen molar-refractivity contribution in [1.82, 2.24) is 0 Å². The van der Waals surface area contributed by atoms with Crippen molar-refractivity contribution >= 4 is 5.69 Å². The summed E-state index contributed by atoms with van der Waals surface area (Å²) in [5.74, 6) is 5.10. The zero-order valence-corrected chi connectivity index (χ0v) is 7.17. The highest BCUT2D eigenvalue weighted by atomic mass is 15.2. The molecule has 1 rings (SSSR count). The van der Waals surface area contributed by atoms with Crippen molar-refractivity contribution in [1.29, 1.82) is 0 Å². The maximum atomic E-state index is 5.10. The fourth-order valence-corrected chi connectivity index (χ4v) is 0.534. The number of benzene rings is 1. The molecule has 0 atom stereocenters. The number of nitrogen functional groups attached to an aromatic ring is 1. The lowest BCUT2D eigenvalue weighted by Gasteiger charge is -1.94. The Balaban J connectivity index is 0.000000292. The first-order chi connectivity index (χ1) is 5.35. The van der Waals surface area contributed by atoms with Crippen LogP contribution in [0.15, 0.2) is 30.3 Å². The first kappa shape index (κ1) is 9.98. The Hall–Kier alpha value is -1.02. The number of hydrogen-bond acceptors (Lipinski definition) is 2. The Morgan fingerprint density at radius 3 is 1.91 bits per heavy atom. The van der Waals surface area contributed by atoms with E-state index in [4.69, 9.17) is 5.84 Å². The van der Waals surface area contributed by atoms with Gasteiger partial charge < -0.3 is 5.43 Å². The third-order valence-electron chi connectivity index (χ3n) is 0.940. The van der Waals surface area contributed by atoms with Gasteiger partial charge in [0.25, 0.3) is 0 Å². The van der Waals surface area contributed by atoms with E-state index in [1.807, 2.05) is 30.3 Å². The SMILES string of the molecule is CCC.NNc1ccccc1. The van der Waals surface area contributed by atoms with Gasteiger partial charge in [0.1, 0.15) is 0 Å². The second-order valence-corrected chi connectivity index (χ2v) is 2.22. The highest BCUT2D eigenvalue weighted by Crippen LogP contribution is 2.00. The summed E-state index contributed by atoms with van der Waals surface area (Å²) in [6.07, 6.45) is 1.25. The van der Waals surface area contributed by atoms with Crippen molar-refractivity contribution < 1.29 is 0 Å². The fraction of sp³-hybridized carbons (Fsp3) is 0.333. The lowest BCUT2D eigenvalue weighted by Crippen LogP contribution is -2.05. The summed E-state index contributed by atoms with van der Waals surface area (Å²) in [4.78, 5) is 0. The number of rotatable bonds is 1. The fourth-order valence-electron chi connectivity index (χ4n) is 0.534. The van der Waals surface area contributed by atoms with Crippen LogP contribution in [0.25, 0.3) is 0 Å². The molecule has 62 valence electrons. The topological polar surface area (TPSA) is 38.0 Å².